The summed E-state index contributed by atoms with van der Waals surface area (Å²) in [5.41, 5.74) is 1.61. The topological polar surface area (TPSA) is 81.9 Å². The summed E-state index contributed by atoms with van der Waals surface area (Å²) in [6.07, 6.45) is 1.44. The summed E-state index contributed by atoms with van der Waals surface area (Å²) in [6.45, 7) is -2.89. The first-order valence-corrected chi connectivity index (χ1v) is 6.81. The molecule has 0 radical (unpaired) electrons. The van der Waals surface area contributed by atoms with Gasteiger partial charge in [0.1, 0.15) is 12.1 Å². The number of rotatable bonds is 5. The zero-order valence-corrected chi connectivity index (χ0v) is 12.1. The van der Waals surface area contributed by atoms with Gasteiger partial charge >= 0.3 is 6.61 Å². The highest BCUT2D eigenvalue weighted by Gasteiger charge is 2.08. The number of carbonyl (C=O) groups excluding carboxylic acids is 1. The zero-order valence-electron chi connectivity index (χ0n) is 12.1. The van der Waals surface area contributed by atoms with E-state index >= 15 is 0 Å². The third-order valence-electron chi connectivity index (χ3n) is 3.08. The molecule has 1 amide bonds. The summed E-state index contributed by atoms with van der Waals surface area (Å²) in [7, 11) is 0. The molecule has 0 aliphatic carbocycles. The lowest BCUT2D eigenvalue weighted by Gasteiger charge is -2.08. The van der Waals surface area contributed by atoms with Crippen LogP contribution >= 0.6 is 0 Å². The molecule has 0 aliphatic heterocycles. The fourth-order valence-corrected chi connectivity index (χ4v) is 1.97. The van der Waals surface area contributed by atoms with E-state index in [-0.39, 0.29) is 11.7 Å². The smallest absolute Gasteiger partial charge is 0.387 e. The molecule has 9 heteroatoms. The van der Waals surface area contributed by atoms with Crippen LogP contribution < -0.4 is 10.1 Å². The summed E-state index contributed by atoms with van der Waals surface area (Å²) in [5.74, 6) is -0.311. The van der Waals surface area contributed by atoms with E-state index in [9.17, 15) is 13.6 Å². The Morgan fingerprint density at radius 3 is 2.38 bits per heavy atom. The van der Waals surface area contributed by atoms with Crippen molar-refractivity contribution < 1.29 is 18.3 Å². The Morgan fingerprint density at radius 1 is 1.08 bits per heavy atom. The Bertz CT molecular complexity index is 805. The molecule has 24 heavy (non-hydrogen) atoms. The second-order valence-corrected chi connectivity index (χ2v) is 4.66. The van der Waals surface area contributed by atoms with Crippen molar-refractivity contribution in [3.8, 4) is 11.4 Å². The first-order chi connectivity index (χ1) is 11.6. The number of ether oxygens (including phenoxy) is 1. The summed E-state index contributed by atoms with van der Waals surface area (Å²) in [4.78, 5) is 12.2. The van der Waals surface area contributed by atoms with E-state index in [1.807, 2.05) is 0 Å². The molecule has 3 aromatic rings. The van der Waals surface area contributed by atoms with E-state index < -0.39 is 6.61 Å². The molecule has 0 fully saturated rings. The minimum atomic E-state index is -2.89. The fourth-order valence-electron chi connectivity index (χ4n) is 1.97. The number of anilines is 1. The molecule has 7 nitrogen and oxygen atoms in total. The van der Waals surface area contributed by atoms with Crippen LogP contribution in [0.25, 0.3) is 5.69 Å². The minimum absolute atomic E-state index is 0.0220. The maximum atomic E-state index is 12.2. The number of alkyl halides is 2. The Morgan fingerprint density at radius 2 is 1.79 bits per heavy atom. The molecule has 3 rings (SSSR count). The van der Waals surface area contributed by atoms with Crippen molar-refractivity contribution >= 4 is 11.6 Å². The molecule has 0 saturated carbocycles. The van der Waals surface area contributed by atoms with Crippen molar-refractivity contribution in [2.45, 2.75) is 6.61 Å². The molecule has 0 bridgehead atoms. The van der Waals surface area contributed by atoms with Crippen molar-refractivity contribution in [1.29, 1.82) is 0 Å². The summed E-state index contributed by atoms with van der Waals surface area (Å²) in [5, 5.41) is 13.5. The number of tetrazole rings is 1. The average Bonchev–Trinajstić information content (AvgIpc) is 3.11. The Kier molecular flexibility index (Phi) is 4.41. The second-order valence-electron chi connectivity index (χ2n) is 4.66. The van der Waals surface area contributed by atoms with Gasteiger partial charge in [0.15, 0.2) is 0 Å². The highest BCUT2D eigenvalue weighted by Crippen LogP contribution is 2.18. The van der Waals surface area contributed by atoms with Gasteiger partial charge in [0.05, 0.1) is 5.69 Å². The number of nitrogens with one attached hydrogen (secondary N) is 1. The van der Waals surface area contributed by atoms with Crippen LogP contribution in [0.15, 0.2) is 54.9 Å². The van der Waals surface area contributed by atoms with Crippen LogP contribution in [0.4, 0.5) is 14.5 Å². The van der Waals surface area contributed by atoms with Crippen LogP contribution in [0.3, 0.4) is 0 Å². The third-order valence-corrected chi connectivity index (χ3v) is 3.08. The van der Waals surface area contributed by atoms with Crippen molar-refractivity contribution in [1.82, 2.24) is 20.2 Å². The van der Waals surface area contributed by atoms with Crippen LogP contribution in [0.1, 0.15) is 10.4 Å². The minimum Gasteiger partial charge on any atom is -0.435 e. The van der Waals surface area contributed by atoms with Gasteiger partial charge in [-0.3, -0.25) is 4.79 Å². The maximum absolute atomic E-state index is 12.2. The molecule has 0 unspecified atom stereocenters. The lowest BCUT2D eigenvalue weighted by Crippen LogP contribution is -2.12. The van der Waals surface area contributed by atoms with E-state index in [0.29, 0.717) is 16.9 Å². The number of benzene rings is 2. The SMILES string of the molecule is O=C(Nc1ccc(OC(F)F)cc1)c1ccc(-n2cnnn2)cc1. The van der Waals surface area contributed by atoms with Crippen LogP contribution in [0.5, 0.6) is 5.75 Å². The lowest BCUT2D eigenvalue weighted by molar-refractivity contribution is -0.0498. The molecule has 1 heterocycles. The molecule has 0 spiro atoms. The predicted molar refractivity (Wildman–Crippen MR) is 80.2 cm³/mol. The van der Waals surface area contributed by atoms with Crippen molar-refractivity contribution in [3.63, 3.8) is 0 Å². The van der Waals surface area contributed by atoms with E-state index in [4.69, 9.17) is 0 Å². The molecular formula is C15H11F2N5O2. The molecule has 0 atom stereocenters. The van der Waals surface area contributed by atoms with Crippen molar-refractivity contribution in [2.24, 2.45) is 0 Å². The maximum Gasteiger partial charge on any atom is 0.387 e. The first-order valence-electron chi connectivity index (χ1n) is 6.81. The van der Waals surface area contributed by atoms with Gasteiger partial charge in [-0.2, -0.15) is 8.78 Å². The number of hydrogen-bond donors (Lipinski definition) is 1. The highest BCUT2D eigenvalue weighted by molar-refractivity contribution is 6.04. The number of nitrogens with zero attached hydrogens (tertiary/aromatic N) is 4. The van der Waals surface area contributed by atoms with E-state index in [1.165, 1.54) is 35.3 Å². The summed E-state index contributed by atoms with van der Waals surface area (Å²) in [6, 6.07) is 12.3. The van der Waals surface area contributed by atoms with Gasteiger partial charge in [0.2, 0.25) is 0 Å². The third kappa shape index (κ3) is 3.69. The van der Waals surface area contributed by atoms with Gasteiger partial charge in [-0.1, -0.05) is 0 Å². The monoisotopic (exact) mass is 331 g/mol. The van der Waals surface area contributed by atoms with Gasteiger partial charge in [0, 0.05) is 11.3 Å². The largest absolute Gasteiger partial charge is 0.435 e. The quantitative estimate of drug-likeness (QED) is 0.777. The molecule has 1 aromatic heterocycles. The van der Waals surface area contributed by atoms with Gasteiger partial charge in [-0.15, -0.1) is 5.10 Å². The van der Waals surface area contributed by atoms with E-state index in [0.717, 1.165) is 0 Å². The Hall–Kier alpha value is -3.36. The Balaban J connectivity index is 1.66. The average molecular weight is 331 g/mol. The van der Waals surface area contributed by atoms with Gasteiger partial charge in [-0.25, -0.2) is 4.68 Å². The molecular weight excluding hydrogens is 320 g/mol. The van der Waals surface area contributed by atoms with E-state index in [1.54, 1.807) is 24.3 Å². The normalized spacial score (nSPS) is 10.6. The first kappa shape index (κ1) is 15.5. The lowest BCUT2D eigenvalue weighted by atomic mass is 10.2. The van der Waals surface area contributed by atoms with Crippen LogP contribution in [-0.2, 0) is 0 Å². The standard InChI is InChI=1S/C15H11F2N5O2/c16-15(17)24-13-7-3-11(4-8-13)19-14(23)10-1-5-12(6-2-10)22-9-18-20-21-22/h1-9,15H,(H,19,23). The summed E-state index contributed by atoms with van der Waals surface area (Å²) < 4.78 is 29.9. The van der Waals surface area contributed by atoms with Gasteiger partial charge in [0.25, 0.3) is 5.91 Å². The van der Waals surface area contributed by atoms with Crippen LogP contribution in [0.2, 0.25) is 0 Å². The zero-order chi connectivity index (χ0) is 16.9. The number of amides is 1. The summed E-state index contributed by atoms with van der Waals surface area (Å²) >= 11 is 0. The van der Waals surface area contributed by atoms with Crippen LogP contribution in [-0.4, -0.2) is 32.7 Å². The Labute approximate surface area is 134 Å². The number of hydrogen-bond acceptors (Lipinski definition) is 5. The number of carbonyl (C=O) groups is 1. The van der Waals surface area contributed by atoms with E-state index in [2.05, 4.69) is 25.6 Å². The van der Waals surface area contributed by atoms with Crippen LogP contribution in [0, 0.1) is 0 Å². The fraction of sp³-hybridized carbons (Fsp3) is 0.0667. The molecule has 1 N–H and O–H groups in total. The van der Waals surface area contributed by atoms with Crippen molar-refractivity contribution in [3.05, 3.63) is 60.4 Å². The molecule has 2 aromatic carbocycles. The number of halogens is 2. The molecule has 0 saturated heterocycles. The molecule has 0 aliphatic rings. The predicted octanol–water partition coefficient (Wildman–Crippen LogP) is 2.52. The second kappa shape index (κ2) is 6.82. The highest BCUT2D eigenvalue weighted by atomic mass is 19.3. The van der Waals surface area contributed by atoms with Gasteiger partial charge in [-0.05, 0) is 59.0 Å². The molecule has 122 valence electrons. The number of aromatic nitrogens is 4. The van der Waals surface area contributed by atoms with Gasteiger partial charge < -0.3 is 10.1 Å². The van der Waals surface area contributed by atoms with Crippen molar-refractivity contribution in [2.75, 3.05) is 5.32 Å².